The van der Waals surface area contributed by atoms with Crippen LogP contribution in [0, 0.1) is 0 Å². The minimum atomic E-state index is 0.0807. The fourth-order valence-electron chi connectivity index (χ4n) is 1.61. The highest BCUT2D eigenvalue weighted by atomic mass is 32.1. The van der Waals surface area contributed by atoms with Crippen molar-refractivity contribution in [1.82, 2.24) is 25.3 Å². The fourth-order valence-corrected chi connectivity index (χ4v) is 2.31. The van der Waals surface area contributed by atoms with Gasteiger partial charge in [0.15, 0.2) is 0 Å². The van der Waals surface area contributed by atoms with Gasteiger partial charge in [0.05, 0.1) is 23.9 Å². The zero-order valence-corrected chi connectivity index (χ0v) is 11.1. The lowest BCUT2D eigenvalue weighted by molar-refractivity contribution is 0.268. The van der Waals surface area contributed by atoms with Crippen LogP contribution >= 0.6 is 11.3 Å². The van der Waals surface area contributed by atoms with Crippen LogP contribution in [0.25, 0.3) is 0 Å². The Balaban J connectivity index is 1.74. The van der Waals surface area contributed by atoms with E-state index in [1.807, 2.05) is 17.8 Å². The molecule has 1 unspecified atom stereocenters. The van der Waals surface area contributed by atoms with Gasteiger partial charge in [0.1, 0.15) is 0 Å². The summed E-state index contributed by atoms with van der Waals surface area (Å²) >= 11 is 1.68. The molecule has 0 fully saturated rings. The third-order valence-electron chi connectivity index (χ3n) is 2.54. The summed E-state index contributed by atoms with van der Waals surface area (Å²) in [5.74, 6) is 0.400. The monoisotopic (exact) mass is 267 g/mol. The number of aliphatic hydroxyl groups excluding tert-OH is 1. The second kappa shape index (κ2) is 6.58. The van der Waals surface area contributed by atoms with Crippen LogP contribution in [0.1, 0.15) is 23.5 Å². The van der Waals surface area contributed by atoms with E-state index in [0.717, 1.165) is 17.2 Å². The van der Waals surface area contributed by atoms with Gasteiger partial charge in [-0.25, -0.2) is 9.67 Å². The van der Waals surface area contributed by atoms with E-state index in [4.69, 9.17) is 5.11 Å². The Labute approximate surface area is 110 Å². The summed E-state index contributed by atoms with van der Waals surface area (Å²) in [6.07, 6.45) is 3.67. The van der Waals surface area contributed by atoms with Gasteiger partial charge in [-0.1, -0.05) is 12.1 Å². The number of aliphatic hydroxyl groups is 1. The second-order valence-corrected chi connectivity index (χ2v) is 5.02. The van der Waals surface area contributed by atoms with Crippen LogP contribution in [-0.2, 0) is 13.1 Å². The lowest BCUT2D eigenvalue weighted by atomic mass is 10.2. The third kappa shape index (κ3) is 3.59. The maximum atomic E-state index is 8.77. The standard InChI is InChI=1S/C11H17N5OS/c1-9(11-13-2-5-18-11)6-12-7-10-8-16(3-4-17)15-14-10/h2,5,8-9,12,17H,3-4,6-7H2,1H3. The van der Waals surface area contributed by atoms with E-state index in [-0.39, 0.29) is 6.61 Å². The summed E-state index contributed by atoms with van der Waals surface area (Å²) in [5, 5.41) is 23.2. The van der Waals surface area contributed by atoms with E-state index >= 15 is 0 Å². The summed E-state index contributed by atoms with van der Waals surface area (Å²) in [6.45, 7) is 4.26. The van der Waals surface area contributed by atoms with Crippen molar-refractivity contribution in [2.75, 3.05) is 13.2 Å². The number of thiazole rings is 1. The van der Waals surface area contributed by atoms with Gasteiger partial charge in [0, 0.05) is 36.8 Å². The Morgan fingerprint density at radius 3 is 3.17 bits per heavy atom. The molecule has 2 heterocycles. The zero-order chi connectivity index (χ0) is 12.8. The predicted molar refractivity (Wildman–Crippen MR) is 69.3 cm³/mol. The number of hydrogen-bond acceptors (Lipinski definition) is 6. The second-order valence-electron chi connectivity index (χ2n) is 4.10. The fraction of sp³-hybridized carbons (Fsp3) is 0.545. The summed E-state index contributed by atoms with van der Waals surface area (Å²) in [4.78, 5) is 4.29. The van der Waals surface area contributed by atoms with Crippen molar-refractivity contribution in [3.63, 3.8) is 0 Å². The Morgan fingerprint density at radius 1 is 1.56 bits per heavy atom. The molecular formula is C11H17N5OS. The van der Waals surface area contributed by atoms with Gasteiger partial charge in [-0.05, 0) is 0 Å². The first kappa shape index (κ1) is 13.1. The van der Waals surface area contributed by atoms with E-state index in [2.05, 4.69) is 27.5 Å². The highest BCUT2D eigenvalue weighted by molar-refractivity contribution is 7.09. The number of rotatable bonds is 7. The minimum absolute atomic E-state index is 0.0807. The molecule has 0 aliphatic rings. The van der Waals surface area contributed by atoms with Crippen molar-refractivity contribution < 1.29 is 5.11 Å². The van der Waals surface area contributed by atoms with Crippen LogP contribution in [0.15, 0.2) is 17.8 Å². The molecule has 2 rings (SSSR count). The normalized spacial score (nSPS) is 12.8. The molecular weight excluding hydrogens is 250 g/mol. The van der Waals surface area contributed by atoms with Crippen molar-refractivity contribution >= 4 is 11.3 Å². The predicted octanol–water partition coefficient (Wildman–Crippen LogP) is 0.620. The minimum Gasteiger partial charge on any atom is -0.394 e. The maximum Gasteiger partial charge on any atom is 0.0965 e. The molecule has 7 heteroatoms. The van der Waals surface area contributed by atoms with Crippen LogP contribution in [0.2, 0.25) is 0 Å². The summed E-state index contributed by atoms with van der Waals surface area (Å²) in [7, 11) is 0. The average molecular weight is 267 g/mol. The van der Waals surface area contributed by atoms with Crippen molar-refractivity contribution in [3.05, 3.63) is 28.5 Å². The van der Waals surface area contributed by atoms with E-state index in [1.54, 1.807) is 16.0 Å². The molecule has 18 heavy (non-hydrogen) atoms. The van der Waals surface area contributed by atoms with Gasteiger partial charge in [0.2, 0.25) is 0 Å². The van der Waals surface area contributed by atoms with Crippen LogP contribution in [0.3, 0.4) is 0 Å². The number of nitrogens with one attached hydrogen (secondary N) is 1. The van der Waals surface area contributed by atoms with Gasteiger partial charge in [-0.15, -0.1) is 16.4 Å². The molecule has 2 aromatic heterocycles. The molecule has 2 aromatic rings. The largest absolute Gasteiger partial charge is 0.394 e. The number of hydrogen-bond donors (Lipinski definition) is 2. The highest BCUT2D eigenvalue weighted by Crippen LogP contribution is 2.16. The van der Waals surface area contributed by atoms with Crippen molar-refractivity contribution in [1.29, 1.82) is 0 Å². The summed E-state index contributed by atoms with van der Waals surface area (Å²) < 4.78 is 1.64. The molecule has 0 amide bonds. The lowest BCUT2D eigenvalue weighted by Crippen LogP contribution is -2.19. The number of aromatic nitrogens is 4. The molecule has 1 atom stereocenters. The first-order valence-corrected chi connectivity index (χ1v) is 6.77. The van der Waals surface area contributed by atoms with Crippen molar-refractivity contribution in [2.24, 2.45) is 0 Å². The quantitative estimate of drug-likeness (QED) is 0.769. The smallest absolute Gasteiger partial charge is 0.0965 e. The molecule has 0 aromatic carbocycles. The Hall–Kier alpha value is -1.31. The molecule has 2 N–H and O–H groups in total. The Kier molecular flexibility index (Phi) is 4.80. The van der Waals surface area contributed by atoms with Gasteiger partial charge in [-0.3, -0.25) is 0 Å². The molecule has 0 bridgehead atoms. The van der Waals surface area contributed by atoms with E-state index < -0.39 is 0 Å². The van der Waals surface area contributed by atoms with Crippen LogP contribution in [0.5, 0.6) is 0 Å². The molecule has 0 aliphatic heterocycles. The molecule has 0 saturated carbocycles. The molecule has 0 radical (unpaired) electrons. The van der Waals surface area contributed by atoms with Gasteiger partial charge in [0.25, 0.3) is 0 Å². The Bertz CT molecular complexity index is 456. The summed E-state index contributed by atoms with van der Waals surface area (Å²) in [6, 6.07) is 0. The topological polar surface area (TPSA) is 75.9 Å². The third-order valence-corrected chi connectivity index (χ3v) is 3.55. The molecule has 0 saturated heterocycles. The molecule has 98 valence electrons. The van der Waals surface area contributed by atoms with E-state index in [9.17, 15) is 0 Å². The van der Waals surface area contributed by atoms with Crippen LogP contribution < -0.4 is 5.32 Å². The summed E-state index contributed by atoms with van der Waals surface area (Å²) in [5.41, 5.74) is 0.884. The number of nitrogens with zero attached hydrogens (tertiary/aromatic N) is 4. The van der Waals surface area contributed by atoms with Crippen molar-refractivity contribution in [3.8, 4) is 0 Å². The van der Waals surface area contributed by atoms with Gasteiger partial charge < -0.3 is 10.4 Å². The van der Waals surface area contributed by atoms with Crippen LogP contribution in [0.4, 0.5) is 0 Å². The van der Waals surface area contributed by atoms with Crippen molar-refractivity contribution in [2.45, 2.75) is 25.9 Å². The van der Waals surface area contributed by atoms with Gasteiger partial charge >= 0.3 is 0 Å². The average Bonchev–Trinajstić information content (AvgIpc) is 3.00. The maximum absolute atomic E-state index is 8.77. The first-order chi connectivity index (χ1) is 8.79. The Morgan fingerprint density at radius 2 is 2.44 bits per heavy atom. The zero-order valence-electron chi connectivity index (χ0n) is 10.3. The van der Waals surface area contributed by atoms with E-state index in [1.165, 1.54) is 0 Å². The molecule has 6 nitrogen and oxygen atoms in total. The SMILES string of the molecule is CC(CNCc1cn(CCO)nn1)c1nccs1. The van der Waals surface area contributed by atoms with E-state index in [0.29, 0.717) is 19.0 Å². The lowest BCUT2D eigenvalue weighted by Gasteiger charge is -2.08. The first-order valence-electron chi connectivity index (χ1n) is 5.89. The van der Waals surface area contributed by atoms with Gasteiger partial charge in [-0.2, -0.15) is 0 Å². The molecule has 0 aliphatic carbocycles. The highest BCUT2D eigenvalue weighted by Gasteiger charge is 2.08. The van der Waals surface area contributed by atoms with Crippen LogP contribution in [-0.4, -0.2) is 38.2 Å². The molecule has 0 spiro atoms.